The number of carboxylic acid groups (broad SMARTS) is 1. The maximum absolute atomic E-state index is 11.2. The lowest BCUT2D eigenvalue weighted by Crippen LogP contribution is -2.34. The molecule has 5 heteroatoms. The number of halogens is 2. The molecule has 1 unspecified atom stereocenters. The standard InChI is InChI=1S/C18H17Cl2NO2/c1-18(2)9-11-4-3-10(7-15(11)16(18)21-17(22)23)12-5-13(19)8-14(20)6-12/h3-8,16,21H,9H2,1-2H3,(H,22,23). The number of hydrogen-bond acceptors (Lipinski definition) is 1. The third-order valence-electron chi connectivity index (χ3n) is 4.35. The number of benzene rings is 2. The first-order valence-electron chi connectivity index (χ1n) is 7.35. The predicted molar refractivity (Wildman–Crippen MR) is 93.3 cm³/mol. The molecule has 3 rings (SSSR count). The lowest BCUT2D eigenvalue weighted by Gasteiger charge is -2.27. The van der Waals surface area contributed by atoms with Gasteiger partial charge in [-0.15, -0.1) is 0 Å². The summed E-state index contributed by atoms with van der Waals surface area (Å²) in [4.78, 5) is 11.2. The van der Waals surface area contributed by atoms with Crippen LogP contribution in [0.4, 0.5) is 4.79 Å². The van der Waals surface area contributed by atoms with Crippen molar-refractivity contribution in [3.63, 3.8) is 0 Å². The van der Waals surface area contributed by atoms with E-state index in [9.17, 15) is 4.79 Å². The summed E-state index contributed by atoms with van der Waals surface area (Å²) in [5.41, 5.74) is 3.93. The quantitative estimate of drug-likeness (QED) is 0.746. The number of rotatable bonds is 2. The minimum absolute atomic E-state index is 0.161. The first kappa shape index (κ1) is 16.2. The Hall–Kier alpha value is -1.71. The summed E-state index contributed by atoms with van der Waals surface area (Å²) >= 11 is 12.2. The van der Waals surface area contributed by atoms with Crippen LogP contribution in [-0.4, -0.2) is 11.2 Å². The summed E-state index contributed by atoms with van der Waals surface area (Å²) in [5.74, 6) is 0. The summed E-state index contributed by atoms with van der Waals surface area (Å²) in [6, 6.07) is 11.3. The van der Waals surface area contributed by atoms with Gasteiger partial charge in [-0.05, 0) is 58.4 Å². The number of hydrogen-bond donors (Lipinski definition) is 2. The lowest BCUT2D eigenvalue weighted by atomic mass is 9.85. The highest BCUT2D eigenvalue weighted by Crippen LogP contribution is 2.46. The van der Waals surface area contributed by atoms with Gasteiger partial charge >= 0.3 is 6.09 Å². The lowest BCUT2D eigenvalue weighted by molar-refractivity contribution is 0.175. The molecular formula is C18H17Cl2NO2. The van der Waals surface area contributed by atoms with Crippen molar-refractivity contribution in [2.75, 3.05) is 0 Å². The molecule has 2 aromatic rings. The van der Waals surface area contributed by atoms with Gasteiger partial charge in [0, 0.05) is 10.0 Å². The maximum Gasteiger partial charge on any atom is 0.405 e. The Morgan fingerprint density at radius 3 is 2.39 bits per heavy atom. The van der Waals surface area contributed by atoms with E-state index in [4.69, 9.17) is 28.3 Å². The van der Waals surface area contributed by atoms with Crippen molar-refractivity contribution < 1.29 is 9.90 Å². The third kappa shape index (κ3) is 3.17. The molecule has 1 atom stereocenters. The fourth-order valence-electron chi connectivity index (χ4n) is 3.34. The summed E-state index contributed by atoms with van der Waals surface area (Å²) in [6.07, 6.45) is -0.170. The van der Waals surface area contributed by atoms with Crippen LogP contribution < -0.4 is 5.32 Å². The first-order valence-corrected chi connectivity index (χ1v) is 8.10. The molecule has 0 aromatic heterocycles. The largest absolute Gasteiger partial charge is 0.465 e. The van der Waals surface area contributed by atoms with Gasteiger partial charge in [0.15, 0.2) is 0 Å². The van der Waals surface area contributed by atoms with E-state index in [0.717, 1.165) is 23.1 Å². The summed E-state index contributed by atoms with van der Waals surface area (Å²) in [7, 11) is 0. The van der Waals surface area contributed by atoms with Gasteiger partial charge < -0.3 is 10.4 Å². The Bertz CT molecular complexity index is 766. The second-order valence-corrected chi connectivity index (χ2v) is 7.49. The molecule has 3 nitrogen and oxygen atoms in total. The van der Waals surface area contributed by atoms with Crippen molar-refractivity contribution in [3.8, 4) is 11.1 Å². The minimum atomic E-state index is -1.01. The highest BCUT2D eigenvalue weighted by molar-refractivity contribution is 6.35. The molecule has 1 aliphatic rings. The zero-order chi connectivity index (χ0) is 16.8. The molecule has 0 aliphatic heterocycles. The number of amides is 1. The van der Waals surface area contributed by atoms with Crippen LogP contribution in [0.25, 0.3) is 11.1 Å². The Morgan fingerprint density at radius 2 is 1.78 bits per heavy atom. The van der Waals surface area contributed by atoms with E-state index in [2.05, 4.69) is 25.2 Å². The van der Waals surface area contributed by atoms with Crippen molar-refractivity contribution in [1.29, 1.82) is 0 Å². The van der Waals surface area contributed by atoms with E-state index in [-0.39, 0.29) is 11.5 Å². The van der Waals surface area contributed by atoms with Crippen LogP contribution in [-0.2, 0) is 6.42 Å². The Kier molecular flexibility index (Phi) is 4.03. The zero-order valence-electron chi connectivity index (χ0n) is 12.9. The van der Waals surface area contributed by atoms with E-state index >= 15 is 0 Å². The fraction of sp³-hybridized carbons (Fsp3) is 0.278. The van der Waals surface area contributed by atoms with Crippen LogP contribution in [0.2, 0.25) is 10.0 Å². The average molecular weight is 350 g/mol. The molecule has 0 saturated heterocycles. The molecule has 1 aliphatic carbocycles. The van der Waals surface area contributed by atoms with Gasteiger partial charge in [-0.2, -0.15) is 0 Å². The SMILES string of the molecule is CC1(C)Cc2ccc(-c3cc(Cl)cc(Cl)c3)cc2C1NC(=O)O. The molecule has 0 radical (unpaired) electrons. The van der Waals surface area contributed by atoms with Gasteiger partial charge in [-0.3, -0.25) is 0 Å². The molecule has 2 aromatic carbocycles. The van der Waals surface area contributed by atoms with E-state index in [0.29, 0.717) is 10.0 Å². The van der Waals surface area contributed by atoms with Crippen molar-refractivity contribution in [2.24, 2.45) is 5.41 Å². The molecule has 0 fully saturated rings. The normalized spacial score (nSPS) is 18.5. The summed E-state index contributed by atoms with van der Waals surface area (Å²) in [5, 5.41) is 13.0. The Labute approximate surface area is 145 Å². The van der Waals surface area contributed by atoms with Crippen LogP contribution in [0.5, 0.6) is 0 Å². The average Bonchev–Trinajstić information content (AvgIpc) is 2.67. The topological polar surface area (TPSA) is 49.3 Å². The number of carbonyl (C=O) groups is 1. The molecule has 23 heavy (non-hydrogen) atoms. The minimum Gasteiger partial charge on any atom is -0.465 e. The molecule has 0 heterocycles. The fourth-order valence-corrected chi connectivity index (χ4v) is 3.86. The summed E-state index contributed by atoms with van der Waals surface area (Å²) in [6.45, 7) is 4.15. The van der Waals surface area contributed by atoms with Crippen LogP contribution in [0.15, 0.2) is 36.4 Å². The molecule has 0 spiro atoms. The number of nitrogens with one attached hydrogen (secondary N) is 1. The second-order valence-electron chi connectivity index (χ2n) is 6.62. The number of fused-ring (bicyclic) bond motifs is 1. The van der Waals surface area contributed by atoms with Gasteiger partial charge in [-0.25, -0.2) is 4.79 Å². The van der Waals surface area contributed by atoms with Gasteiger partial charge in [-0.1, -0.05) is 49.2 Å². The monoisotopic (exact) mass is 349 g/mol. The van der Waals surface area contributed by atoms with E-state index in [1.165, 1.54) is 5.56 Å². The predicted octanol–water partition coefficient (Wildman–Crippen LogP) is 5.55. The van der Waals surface area contributed by atoms with E-state index in [1.807, 2.05) is 24.3 Å². The van der Waals surface area contributed by atoms with Crippen LogP contribution in [0.3, 0.4) is 0 Å². The van der Waals surface area contributed by atoms with Crippen molar-refractivity contribution in [3.05, 3.63) is 57.6 Å². The van der Waals surface area contributed by atoms with Crippen LogP contribution in [0.1, 0.15) is 31.0 Å². The smallest absolute Gasteiger partial charge is 0.405 e. The van der Waals surface area contributed by atoms with Crippen molar-refractivity contribution >= 4 is 29.3 Å². The maximum atomic E-state index is 11.2. The zero-order valence-corrected chi connectivity index (χ0v) is 14.4. The van der Waals surface area contributed by atoms with Crippen molar-refractivity contribution in [1.82, 2.24) is 5.32 Å². The van der Waals surface area contributed by atoms with Gasteiger partial charge in [0.25, 0.3) is 0 Å². The second kappa shape index (κ2) is 5.73. The van der Waals surface area contributed by atoms with Gasteiger partial charge in [0.05, 0.1) is 6.04 Å². The molecule has 0 bridgehead atoms. The molecule has 120 valence electrons. The summed E-state index contributed by atoms with van der Waals surface area (Å²) < 4.78 is 0. The molecule has 0 saturated carbocycles. The van der Waals surface area contributed by atoms with Gasteiger partial charge in [0.2, 0.25) is 0 Å². The highest BCUT2D eigenvalue weighted by atomic mass is 35.5. The Balaban J connectivity index is 2.07. The van der Waals surface area contributed by atoms with Crippen LogP contribution in [0, 0.1) is 5.41 Å². The molecule has 2 N–H and O–H groups in total. The first-order chi connectivity index (χ1) is 10.8. The van der Waals surface area contributed by atoms with E-state index in [1.54, 1.807) is 6.07 Å². The van der Waals surface area contributed by atoms with Crippen LogP contribution >= 0.6 is 23.2 Å². The Morgan fingerprint density at radius 1 is 1.13 bits per heavy atom. The molecular weight excluding hydrogens is 333 g/mol. The van der Waals surface area contributed by atoms with E-state index < -0.39 is 6.09 Å². The third-order valence-corrected chi connectivity index (χ3v) is 4.78. The van der Waals surface area contributed by atoms with Crippen molar-refractivity contribution in [2.45, 2.75) is 26.3 Å². The molecule has 1 amide bonds. The van der Waals surface area contributed by atoms with Gasteiger partial charge in [0.1, 0.15) is 0 Å². The highest BCUT2D eigenvalue weighted by Gasteiger charge is 2.40.